The number of halogens is 1. The number of hydrogen-bond acceptors (Lipinski definition) is 4. The average molecular weight is 420 g/mol. The Balaban J connectivity index is 1.43. The zero-order valence-electron chi connectivity index (χ0n) is 13.5. The number of anilines is 1. The second-order valence-corrected chi connectivity index (χ2v) is 8.24. The van der Waals surface area contributed by atoms with Crippen LogP contribution in [-0.2, 0) is 9.59 Å². The van der Waals surface area contributed by atoms with E-state index in [9.17, 15) is 9.59 Å². The number of aromatic nitrogens is 1. The van der Waals surface area contributed by atoms with Crippen LogP contribution < -0.4 is 5.32 Å². The van der Waals surface area contributed by atoms with Gasteiger partial charge in [0.15, 0.2) is 5.13 Å². The van der Waals surface area contributed by atoms with E-state index in [1.807, 2.05) is 23.6 Å². The predicted octanol–water partition coefficient (Wildman–Crippen LogP) is 3.64. The normalized spacial score (nSPS) is 25.0. The minimum atomic E-state index is -0.378. The summed E-state index contributed by atoms with van der Waals surface area (Å²) >= 11 is 4.96. The number of carbonyl (C=O) groups is 2. The van der Waals surface area contributed by atoms with Crippen LogP contribution in [0.2, 0.25) is 0 Å². The number of thiazole rings is 1. The second-order valence-electron chi connectivity index (χ2n) is 6.49. The highest BCUT2D eigenvalue weighted by Gasteiger charge is 2.49. The molecule has 2 heterocycles. The van der Waals surface area contributed by atoms with E-state index in [0.29, 0.717) is 11.7 Å². The number of carbonyl (C=O) groups excluding carboxylic acids is 2. The van der Waals surface area contributed by atoms with Crippen LogP contribution in [-0.4, -0.2) is 34.3 Å². The van der Waals surface area contributed by atoms with Crippen molar-refractivity contribution in [3.8, 4) is 0 Å². The molecule has 0 unspecified atom stereocenters. The summed E-state index contributed by atoms with van der Waals surface area (Å²) < 4.78 is 1.05. The Labute approximate surface area is 158 Å². The standard InChI is InChI=1S/C18H18BrN3O2S/c19-14-5-2-1-4-11(14)12-10-13(12)17(24)22-8-3-6-15(22)16(23)21-18-20-7-9-25-18/h1-2,4-5,7,9,12-13,15H,3,6,8,10H2,(H,20,21,23)/t12-,13-,15+/m1/s1. The fraction of sp³-hybridized carbons (Fsp3) is 0.389. The van der Waals surface area contributed by atoms with Gasteiger partial charge in [-0.1, -0.05) is 34.1 Å². The quantitative estimate of drug-likeness (QED) is 0.822. The van der Waals surface area contributed by atoms with Crippen molar-refractivity contribution in [1.29, 1.82) is 0 Å². The van der Waals surface area contributed by atoms with Crippen LogP contribution in [0.3, 0.4) is 0 Å². The molecule has 4 rings (SSSR count). The molecule has 130 valence electrons. The second kappa shape index (κ2) is 6.88. The first-order valence-corrected chi connectivity index (χ1v) is 10.1. The minimum absolute atomic E-state index is 0.00744. The van der Waals surface area contributed by atoms with Crippen molar-refractivity contribution in [2.24, 2.45) is 5.92 Å². The number of nitrogens with zero attached hydrogens (tertiary/aromatic N) is 2. The fourth-order valence-electron chi connectivity index (χ4n) is 3.58. The highest BCUT2D eigenvalue weighted by Crippen LogP contribution is 2.51. The first kappa shape index (κ1) is 16.7. The van der Waals surface area contributed by atoms with Gasteiger partial charge in [-0.05, 0) is 36.8 Å². The van der Waals surface area contributed by atoms with Crippen LogP contribution in [0.5, 0.6) is 0 Å². The first-order chi connectivity index (χ1) is 12.1. The van der Waals surface area contributed by atoms with Crippen LogP contribution in [0.25, 0.3) is 0 Å². The average Bonchev–Trinajstić information content (AvgIpc) is 2.99. The van der Waals surface area contributed by atoms with Gasteiger partial charge in [-0.15, -0.1) is 11.3 Å². The van der Waals surface area contributed by atoms with Crippen molar-refractivity contribution in [3.63, 3.8) is 0 Å². The Hall–Kier alpha value is -1.73. The number of hydrogen-bond donors (Lipinski definition) is 1. The largest absolute Gasteiger partial charge is 0.330 e. The summed E-state index contributed by atoms with van der Waals surface area (Å²) in [5, 5.41) is 5.23. The highest BCUT2D eigenvalue weighted by atomic mass is 79.9. The Morgan fingerprint density at radius 3 is 2.92 bits per heavy atom. The van der Waals surface area contributed by atoms with Crippen LogP contribution in [0.4, 0.5) is 5.13 Å². The molecule has 0 bridgehead atoms. The summed E-state index contributed by atoms with van der Waals surface area (Å²) in [5.41, 5.74) is 1.18. The molecule has 3 atom stereocenters. The summed E-state index contributed by atoms with van der Waals surface area (Å²) in [4.78, 5) is 31.3. The van der Waals surface area contributed by atoms with Gasteiger partial charge in [-0.25, -0.2) is 4.98 Å². The van der Waals surface area contributed by atoms with E-state index in [4.69, 9.17) is 0 Å². The van der Waals surface area contributed by atoms with Gasteiger partial charge in [-0.2, -0.15) is 0 Å². The number of benzene rings is 1. The Kier molecular flexibility index (Phi) is 4.60. The first-order valence-electron chi connectivity index (χ1n) is 8.40. The summed E-state index contributed by atoms with van der Waals surface area (Å²) in [5.74, 6) is 0.231. The van der Waals surface area contributed by atoms with Crippen molar-refractivity contribution >= 4 is 44.2 Å². The Bertz CT molecular complexity index is 795. The SMILES string of the molecule is O=C(Nc1nccs1)[C@@H]1CCCN1C(=O)[C@@H]1C[C@@H]1c1ccccc1Br. The highest BCUT2D eigenvalue weighted by molar-refractivity contribution is 9.10. The molecule has 1 saturated carbocycles. The molecule has 1 N–H and O–H groups in total. The van der Waals surface area contributed by atoms with Crippen LogP contribution in [0.1, 0.15) is 30.7 Å². The van der Waals surface area contributed by atoms with Crippen LogP contribution in [0.15, 0.2) is 40.3 Å². The summed E-state index contributed by atoms with van der Waals surface area (Å²) in [6, 6.07) is 7.68. The van der Waals surface area contributed by atoms with E-state index in [-0.39, 0.29) is 29.7 Å². The number of likely N-dealkylation sites (tertiary alicyclic amines) is 1. The van der Waals surface area contributed by atoms with Crippen LogP contribution in [0, 0.1) is 5.92 Å². The van der Waals surface area contributed by atoms with Gasteiger partial charge in [0, 0.05) is 28.5 Å². The molecular weight excluding hydrogens is 402 g/mol. The van der Waals surface area contributed by atoms with E-state index in [1.54, 1.807) is 11.1 Å². The molecule has 2 aromatic rings. The molecule has 0 spiro atoms. The van der Waals surface area contributed by atoms with Gasteiger partial charge in [0.25, 0.3) is 0 Å². The molecule has 1 aliphatic heterocycles. The maximum Gasteiger partial charge on any atom is 0.248 e. The van der Waals surface area contributed by atoms with Gasteiger partial charge in [-0.3, -0.25) is 9.59 Å². The van der Waals surface area contributed by atoms with Crippen LogP contribution >= 0.6 is 27.3 Å². The number of amides is 2. The van der Waals surface area contributed by atoms with E-state index < -0.39 is 0 Å². The molecule has 0 radical (unpaired) electrons. The predicted molar refractivity (Wildman–Crippen MR) is 100 cm³/mol. The minimum Gasteiger partial charge on any atom is -0.330 e. The Morgan fingerprint density at radius 2 is 2.16 bits per heavy atom. The molecule has 2 amide bonds. The molecule has 1 aliphatic carbocycles. The van der Waals surface area contributed by atoms with Gasteiger partial charge in [0.05, 0.1) is 0 Å². The van der Waals surface area contributed by atoms with Gasteiger partial charge in [0.2, 0.25) is 11.8 Å². The molecule has 5 nitrogen and oxygen atoms in total. The zero-order valence-corrected chi connectivity index (χ0v) is 15.9. The summed E-state index contributed by atoms with van der Waals surface area (Å²) in [6.07, 6.45) is 4.10. The smallest absolute Gasteiger partial charge is 0.248 e. The van der Waals surface area contributed by atoms with E-state index >= 15 is 0 Å². The maximum absolute atomic E-state index is 12.9. The third-order valence-electron chi connectivity index (χ3n) is 4.91. The molecule has 25 heavy (non-hydrogen) atoms. The molecule has 1 aromatic carbocycles. The topological polar surface area (TPSA) is 62.3 Å². The lowest BCUT2D eigenvalue weighted by Crippen LogP contribution is -2.44. The summed E-state index contributed by atoms with van der Waals surface area (Å²) in [7, 11) is 0. The van der Waals surface area contributed by atoms with Gasteiger partial charge >= 0.3 is 0 Å². The molecule has 7 heteroatoms. The van der Waals surface area contributed by atoms with Crippen molar-refractivity contribution in [1.82, 2.24) is 9.88 Å². The molecule has 1 saturated heterocycles. The fourth-order valence-corrected chi connectivity index (χ4v) is 4.69. The number of rotatable bonds is 4. The maximum atomic E-state index is 12.9. The molecule has 2 fully saturated rings. The molecular formula is C18H18BrN3O2S. The third kappa shape index (κ3) is 3.35. The molecule has 1 aromatic heterocycles. The zero-order chi connectivity index (χ0) is 17.4. The van der Waals surface area contributed by atoms with Gasteiger partial charge < -0.3 is 10.2 Å². The third-order valence-corrected chi connectivity index (χ3v) is 6.32. The van der Waals surface area contributed by atoms with E-state index in [1.165, 1.54) is 16.9 Å². The number of nitrogens with one attached hydrogen (secondary N) is 1. The lowest BCUT2D eigenvalue weighted by molar-refractivity contribution is -0.137. The van der Waals surface area contributed by atoms with E-state index in [2.05, 4.69) is 32.3 Å². The van der Waals surface area contributed by atoms with Crippen molar-refractivity contribution in [3.05, 3.63) is 45.9 Å². The van der Waals surface area contributed by atoms with Crippen molar-refractivity contribution in [2.45, 2.75) is 31.2 Å². The van der Waals surface area contributed by atoms with Crippen molar-refractivity contribution in [2.75, 3.05) is 11.9 Å². The Morgan fingerprint density at radius 1 is 1.32 bits per heavy atom. The van der Waals surface area contributed by atoms with Gasteiger partial charge in [0.1, 0.15) is 6.04 Å². The lowest BCUT2D eigenvalue weighted by atomic mass is 10.1. The monoisotopic (exact) mass is 419 g/mol. The van der Waals surface area contributed by atoms with E-state index in [0.717, 1.165) is 23.7 Å². The van der Waals surface area contributed by atoms with Crippen molar-refractivity contribution < 1.29 is 9.59 Å². The lowest BCUT2D eigenvalue weighted by Gasteiger charge is -2.24. The molecule has 2 aliphatic rings. The summed E-state index contributed by atoms with van der Waals surface area (Å²) in [6.45, 7) is 0.661.